The van der Waals surface area contributed by atoms with Gasteiger partial charge in [-0.25, -0.2) is 0 Å². The molecule has 0 fully saturated rings. The van der Waals surface area contributed by atoms with Crippen molar-refractivity contribution in [2.45, 2.75) is 0 Å². The lowest BCUT2D eigenvalue weighted by Gasteiger charge is -1.99. The van der Waals surface area contributed by atoms with Crippen molar-refractivity contribution in [1.82, 2.24) is 0 Å². The van der Waals surface area contributed by atoms with Gasteiger partial charge in [0.2, 0.25) is 0 Å². The highest BCUT2D eigenvalue weighted by Gasteiger charge is 1.89. The Kier molecular flexibility index (Phi) is 7.16. The van der Waals surface area contributed by atoms with Crippen molar-refractivity contribution < 1.29 is 0 Å². The maximum atomic E-state index is 5.88. The molecule has 2 aromatic rings. The summed E-state index contributed by atoms with van der Waals surface area (Å²) in [7, 11) is 0. The van der Waals surface area contributed by atoms with Crippen molar-refractivity contribution >= 4 is 53.2 Å². The smallest absolute Gasteiger partial charge is 0.0644 e. The molecule has 1 N–H and O–H groups in total. The number of aliphatic imine (C=N–C) groups is 1. The van der Waals surface area contributed by atoms with Gasteiger partial charge in [0.15, 0.2) is 0 Å². The number of hydrogen-bond donors (Lipinski definition) is 1. The molecule has 0 amide bonds. The fourth-order valence-corrected chi connectivity index (χ4v) is 1.83. The van der Waals surface area contributed by atoms with Crippen molar-refractivity contribution in [3.05, 3.63) is 70.9 Å². The maximum absolute atomic E-state index is 5.88. The maximum Gasteiger partial charge on any atom is 0.0644 e. The number of nitrogens with zero attached hydrogens (tertiary/aromatic N) is 1. The Labute approximate surface area is 134 Å². The minimum atomic E-state index is 0. The van der Waals surface area contributed by atoms with Gasteiger partial charge < -0.3 is 5.32 Å². The lowest BCUT2D eigenvalue weighted by Crippen LogP contribution is -1.86. The Hall–Kier alpha value is -1.48. The summed E-state index contributed by atoms with van der Waals surface area (Å²) in [6, 6.07) is 14.9. The van der Waals surface area contributed by atoms with E-state index < -0.39 is 0 Å². The number of halogens is 3. The van der Waals surface area contributed by atoms with E-state index in [2.05, 4.69) is 10.3 Å². The Morgan fingerprint density at radius 2 is 1.65 bits per heavy atom. The van der Waals surface area contributed by atoms with Gasteiger partial charge in [0.05, 0.1) is 5.69 Å². The van der Waals surface area contributed by atoms with Crippen LogP contribution >= 0.6 is 35.6 Å². The Morgan fingerprint density at radius 1 is 0.950 bits per heavy atom. The molecule has 104 valence electrons. The molecule has 0 aliphatic rings. The van der Waals surface area contributed by atoms with Gasteiger partial charge in [-0.3, -0.25) is 4.99 Å². The van der Waals surface area contributed by atoms with Crippen LogP contribution in [0, 0.1) is 0 Å². The number of nitrogens with one attached hydrogen (secondary N) is 1. The van der Waals surface area contributed by atoms with Crippen LogP contribution in [0.2, 0.25) is 10.0 Å². The first kappa shape index (κ1) is 16.6. The zero-order valence-corrected chi connectivity index (χ0v) is 12.8. The van der Waals surface area contributed by atoms with Gasteiger partial charge in [-0.2, -0.15) is 0 Å². The highest BCUT2D eigenvalue weighted by atomic mass is 35.5. The largest absolute Gasteiger partial charge is 0.362 e. The summed E-state index contributed by atoms with van der Waals surface area (Å²) in [5.74, 6) is 0. The summed E-state index contributed by atoms with van der Waals surface area (Å²) >= 11 is 11.7. The molecule has 0 radical (unpaired) electrons. The summed E-state index contributed by atoms with van der Waals surface area (Å²) in [6.45, 7) is 0. The van der Waals surface area contributed by atoms with Crippen LogP contribution < -0.4 is 5.32 Å². The third-order valence-corrected chi connectivity index (χ3v) is 2.76. The van der Waals surface area contributed by atoms with E-state index in [-0.39, 0.29) is 12.4 Å². The lowest BCUT2D eigenvalue weighted by atomic mass is 10.3. The topological polar surface area (TPSA) is 24.4 Å². The number of anilines is 1. The summed E-state index contributed by atoms with van der Waals surface area (Å²) < 4.78 is 0. The minimum Gasteiger partial charge on any atom is -0.362 e. The van der Waals surface area contributed by atoms with Gasteiger partial charge in [0, 0.05) is 28.1 Å². The molecule has 20 heavy (non-hydrogen) atoms. The summed E-state index contributed by atoms with van der Waals surface area (Å²) in [5, 5.41) is 4.48. The number of hydrogen-bond acceptors (Lipinski definition) is 2. The first-order chi connectivity index (χ1) is 9.24. The fraction of sp³-hybridized carbons (Fsp3) is 0. The molecule has 0 aromatic heterocycles. The SMILES string of the molecule is Cl.Clc1cccc(N=C/C=C/Nc2cccc(Cl)c2)c1. The van der Waals surface area contributed by atoms with Crippen molar-refractivity contribution in [3.63, 3.8) is 0 Å². The van der Waals surface area contributed by atoms with Crippen LogP contribution in [-0.4, -0.2) is 6.21 Å². The van der Waals surface area contributed by atoms with Gasteiger partial charge in [-0.05, 0) is 42.5 Å². The average molecular weight is 328 g/mol. The molecular weight excluding hydrogens is 315 g/mol. The molecule has 2 aromatic carbocycles. The summed E-state index contributed by atoms with van der Waals surface area (Å²) in [6.07, 6.45) is 5.30. The van der Waals surface area contributed by atoms with E-state index in [0.29, 0.717) is 10.0 Å². The van der Waals surface area contributed by atoms with Crippen LogP contribution in [0.25, 0.3) is 0 Å². The molecule has 0 saturated heterocycles. The Morgan fingerprint density at radius 3 is 2.35 bits per heavy atom. The number of allylic oxidation sites excluding steroid dienone is 1. The normalized spacial score (nSPS) is 10.7. The second-order valence-electron chi connectivity index (χ2n) is 3.77. The van der Waals surface area contributed by atoms with E-state index in [4.69, 9.17) is 23.2 Å². The number of rotatable bonds is 4. The zero-order chi connectivity index (χ0) is 13.5. The third-order valence-electron chi connectivity index (χ3n) is 2.29. The first-order valence-corrected chi connectivity index (χ1v) is 6.46. The van der Waals surface area contributed by atoms with Gasteiger partial charge in [-0.1, -0.05) is 35.3 Å². The summed E-state index contributed by atoms with van der Waals surface area (Å²) in [4.78, 5) is 4.25. The summed E-state index contributed by atoms with van der Waals surface area (Å²) in [5.41, 5.74) is 1.75. The molecule has 2 nitrogen and oxygen atoms in total. The van der Waals surface area contributed by atoms with Crippen LogP contribution in [0.1, 0.15) is 0 Å². The van der Waals surface area contributed by atoms with Crippen LogP contribution in [0.3, 0.4) is 0 Å². The quantitative estimate of drug-likeness (QED) is 0.711. The molecule has 0 saturated carbocycles. The molecule has 0 unspecified atom stereocenters. The van der Waals surface area contributed by atoms with Crippen LogP contribution in [-0.2, 0) is 0 Å². The predicted molar refractivity (Wildman–Crippen MR) is 91.1 cm³/mol. The van der Waals surface area contributed by atoms with Crippen LogP contribution in [0.5, 0.6) is 0 Å². The van der Waals surface area contributed by atoms with Gasteiger partial charge in [-0.15, -0.1) is 12.4 Å². The monoisotopic (exact) mass is 326 g/mol. The Balaban J connectivity index is 0.00000200. The molecule has 0 aliphatic heterocycles. The van der Waals surface area contributed by atoms with Crippen LogP contribution in [0.4, 0.5) is 11.4 Å². The van der Waals surface area contributed by atoms with Crippen molar-refractivity contribution in [2.24, 2.45) is 4.99 Å². The lowest BCUT2D eigenvalue weighted by molar-refractivity contribution is 1.54. The molecule has 0 spiro atoms. The number of benzene rings is 2. The standard InChI is InChI=1S/C15H12Cl2N2.ClH/c16-12-4-1-6-14(10-12)18-8-3-9-19-15-7-2-5-13(17)11-15;/h1-11,18H;1H/b8-3+,19-9?;. The van der Waals surface area contributed by atoms with Gasteiger partial charge >= 0.3 is 0 Å². The zero-order valence-electron chi connectivity index (χ0n) is 10.5. The molecular formula is C15H13Cl3N2. The van der Waals surface area contributed by atoms with Gasteiger partial charge in [0.25, 0.3) is 0 Å². The fourth-order valence-electron chi connectivity index (χ4n) is 1.45. The third kappa shape index (κ3) is 5.66. The van der Waals surface area contributed by atoms with Crippen LogP contribution in [0.15, 0.2) is 65.8 Å². The highest BCUT2D eigenvalue weighted by Crippen LogP contribution is 2.17. The van der Waals surface area contributed by atoms with Gasteiger partial charge in [0.1, 0.15) is 0 Å². The predicted octanol–water partition coefficient (Wildman–Crippen LogP) is 5.74. The molecule has 0 heterocycles. The first-order valence-electron chi connectivity index (χ1n) is 5.71. The Bertz CT molecular complexity index is 610. The van der Waals surface area contributed by atoms with Crippen molar-refractivity contribution in [3.8, 4) is 0 Å². The second-order valence-corrected chi connectivity index (χ2v) is 4.64. The van der Waals surface area contributed by atoms with Crippen molar-refractivity contribution in [1.29, 1.82) is 0 Å². The molecule has 0 aliphatic carbocycles. The van der Waals surface area contributed by atoms with E-state index in [1.165, 1.54) is 0 Å². The van der Waals surface area contributed by atoms with E-state index >= 15 is 0 Å². The van der Waals surface area contributed by atoms with Crippen molar-refractivity contribution in [2.75, 3.05) is 5.32 Å². The molecule has 0 atom stereocenters. The van der Waals surface area contributed by atoms with E-state index in [0.717, 1.165) is 11.4 Å². The second kappa shape index (κ2) is 8.64. The molecule has 5 heteroatoms. The average Bonchev–Trinajstić information content (AvgIpc) is 2.38. The van der Waals surface area contributed by atoms with E-state index in [1.807, 2.05) is 48.5 Å². The highest BCUT2D eigenvalue weighted by molar-refractivity contribution is 6.31. The van der Waals surface area contributed by atoms with E-state index in [1.54, 1.807) is 18.5 Å². The van der Waals surface area contributed by atoms with E-state index in [9.17, 15) is 0 Å². The molecule has 2 rings (SSSR count). The molecule has 0 bridgehead atoms. The minimum absolute atomic E-state index is 0.